The van der Waals surface area contributed by atoms with Crippen LogP contribution in [0.15, 0.2) is 18.2 Å². The Bertz CT molecular complexity index is 670. The minimum absolute atomic E-state index is 0.0993. The molecular formula is C17H28N2O5S. The fourth-order valence-electron chi connectivity index (χ4n) is 2.95. The van der Waals surface area contributed by atoms with E-state index in [9.17, 15) is 8.42 Å². The van der Waals surface area contributed by atoms with E-state index in [1.807, 2.05) is 32.0 Å². The number of ether oxygens (including phenoxy) is 3. The van der Waals surface area contributed by atoms with Crippen molar-refractivity contribution in [2.75, 3.05) is 40.9 Å². The molecule has 1 fully saturated rings. The van der Waals surface area contributed by atoms with Gasteiger partial charge >= 0.3 is 0 Å². The van der Waals surface area contributed by atoms with Gasteiger partial charge in [-0.2, -0.15) is 17.0 Å². The molecule has 0 aromatic heterocycles. The lowest BCUT2D eigenvalue weighted by molar-refractivity contribution is -0.0452. The molecule has 1 aliphatic heterocycles. The van der Waals surface area contributed by atoms with Crippen molar-refractivity contribution in [1.82, 2.24) is 8.61 Å². The van der Waals surface area contributed by atoms with Crippen molar-refractivity contribution in [2.45, 2.75) is 32.5 Å². The molecule has 0 aliphatic carbocycles. The number of rotatable bonds is 7. The highest BCUT2D eigenvalue weighted by molar-refractivity contribution is 7.86. The van der Waals surface area contributed by atoms with Gasteiger partial charge in [-0.1, -0.05) is 6.07 Å². The second-order valence-electron chi connectivity index (χ2n) is 6.34. The number of morpholine rings is 1. The molecule has 7 nitrogen and oxygen atoms in total. The Labute approximate surface area is 150 Å². The molecule has 0 bridgehead atoms. The number of hydrogen-bond acceptors (Lipinski definition) is 5. The van der Waals surface area contributed by atoms with E-state index in [4.69, 9.17) is 14.2 Å². The normalized spacial score (nSPS) is 22.2. The standard InChI is InChI=1S/C17H28N2O5S/c1-13-11-19(12-14(2)24-13)25(20,21)18(3)9-8-15-6-7-16(22-4)17(10-15)23-5/h6-7,10,13-14H,8-9,11-12H2,1-5H3. The molecule has 25 heavy (non-hydrogen) atoms. The third kappa shape index (κ3) is 4.84. The summed E-state index contributed by atoms with van der Waals surface area (Å²) in [7, 11) is 1.28. The van der Waals surface area contributed by atoms with Crippen molar-refractivity contribution in [1.29, 1.82) is 0 Å². The largest absolute Gasteiger partial charge is 0.493 e. The van der Waals surface area contributed by atoms with Gasteiger partial charge in [-0.05, 0) is 38.0 Å². The van der Waals surface area contributed by atoms with Crippen LogP contribution in [0.1, 0.15) is 19.4 Å². The van der Waals surface area contributed by atoms with Crippen molar-refractivity contribution >= 4 is 10.2 Å². The van der Waals surface area contributed by atoms with E-state index in [1.165, 1.54) is 8.61 Å². The zero-order valence-electron chi connectivity index (χ0n) is 15.6. The summed E-state index contributed by atoms with van der Waals surface area (Å²) in [6.45, 7) is 4.93. The van der Waals surface area contributed by atoms with Crippen molar-refractivity contribution in [3.05, 3.63) is 23.8 Å². The van der Waals surface area contributed by atoms with Crippen LogP contribution in [0, 0.1) is 0 Å². The van der Waals surface area contributed by atoms with Crippen LogP contribution in [0.3, 0.4) is 0 Å². The number of likely N-dealkylation sites (N-methyl/N-ethyl adjacent to an activating group) is 1. The zero-order valence-corrected chi connectivity index (χ0v) is 16.4. The highest BCUT2D eigenvalue weighted by atomic mass is 32.2. The summed E-state index contributed by atoms with van der Waals surface area (Å²) in [5, 5.41) is 0. The van der Waals surface area contributed by atoms with E-state index in [1.54, 1.807) is 21.3 Å². The molecule has 0 saturated carbocycles. The Kier molecular flexibility index (Phi) is 6.67. The molecule has 1 heterocycles. The van der Waals surface area contributed by atoms with Gasteiger partial charge in [-0.15, -0.1) is 0 Å². The molecule has 2 atom stereocenters. The molecule has 1 aromatic carbocycles. The maximum absolute atomic E-state index is 12.8. The lowest BCUT2D eigenvalue weighted by atomic mass is 10.1. The fraction of sp³-hybridized carbons (Fsp3) is 0.647. The summed E-state index contributed by atoms with van der Waals surface area (Å²) in [5.41, 5.74) is 0.989. The van der Waals surface area contributed by atoms with Gasteiger partial charge < -0.3 is 14.2 Å². The molecule has 2 rings (SSSR count). The second kappa shape index (κ2) is 8.35. The molecule has 0 amide bonds. The molecule has 1 aliphatic rings. The van der Waals surface area contributed by atoms with Crippen LogP contribution in [0.2, 0.25) is 0 Å². The van der Waals surface area contributed by atoms with Gasteiger partial charge in [-0.25, -0.2) is 0 Å². The van der Waals surface area contributed by atoms with Crippen molar-refractivity contribution in [3.8, 4) is 11.5 Å². The summed E-state index contributed by atoms with van der Waals surface area (Å²) < 4.78 is 44.6. The quantitative estimate of drug-likeness (QED) is 0.726. The van der Waals surface area contributed by atoms with Crippen molar-refractivity contribution in [2.24, 2.45) is 0 Å². The van der Waals surface area contributed by atoms with E-state index in [0.717, 1.165) is 5.56 Å². The van der Waals surface area contributed by atoms with Gasteiger partial charge in [0.2, 0.25) is 0 Å². The monoisotopic (exact) mass is 372 g/mol. The number of methoxy groups -OCH3 is 2. The van der Waals surface area contributed by atoms with Crippen molar-refractivity contribution < 1.29 is 22.6 Å². The summed E-state index contributed by atoms with van der Waals surface area (Å²) >= 11 is 0. The van der Waals surface area contributed by atoms with Crippen LogP contribution in [-0.2, 0) is 21.4 Å². The average Bonchev–Trinajstić information content (AvgIpc) is 2.58. The van der Waals surface area contributed by atoms with Crippen LogP contribution in [-0.4, -0.2) is 70.1 Å². The van der Waals surface area contributed by atoms with E-state index in [2.05, 4.69) is 0 Å². The van der Waals surface area contributed by atoms with Gasteiger partial charge in [0, 0.05) is 26.7 Å². The molecule has 1 aromatic rings. The summed E-state index contributed by atoms with van der Waals surface area (Å²) in [4.78, 5) is 0. The first-order valence-electron chi connectivity index (χ1n) is 8.35. The minimum Gasteiger partial charge on any atom is -0.493 e. The van der Waals surface area contributed by atoms with E-state index in [0.29, 0.717) is 37.6 Å². The van der Waals surface area contributed by atoms with Crippen LogP contribution < -0.4 is 9.47 Å². The highest BCUT2D eigenvalue weighted by Crippen LogP contribution is 2.28. The topological polar surface area (TPSA) is 68.3 Å². The number of benzene rings is 1. The molecule has 2 unspecified atom stereocenters. The molecule has 8 heteroatoms. The molecule has 142 valence electrons. The SMILES string of the molecule is COc1ccc(CCN(C)S(=O)(=O)N2CC(C)OC(C)C2)cc1OC. The molecule has 0 spiro atoms. The Balaban J connectivity index is 2.02. The highest BCUT2D eigenvalue weighted by Gasteiger charge is 2.33. The maximum atomic E-state index is 12.8. The average molecular weight is 372 g/mol. The second-order valence-corrected chi connectivity index (χ2v) is 8.38. The first kappa shape index (κ1) is 20.0. The molecular weight excluding hydrogens is 344 g/mol. The van der Waals surface area contributed by atoms with Crippen molar-refractivity contribution in [3.63, 3.8) is 0 Å². The van der Waals surface area contributed by atoms with E-state index < -0.39 is 10.2 Å². The predicted octanol–water partition coefficient (Wildman–Crippen LogP) is 1.53. The maximum Gasteiger partial charge on any atom is 0.281 e. The van der Waals surface area contributed by atoms with Gasteiger partial charge in [0.1, 0.15) is 0 Å². The van der Waals surface area contributed by atoms with Crippen LogP contribution in [0.25, 0.3) is 0 Å². The van der Waals surface area contributed by atoms with E-state index >= 15 is 0 Å². The molecule has 1 saturated heterocycles. The van der Waals surface area contributed by atoms with Gasteiger partial charge in [0.15, 0.2) is 11.5 Å². The number of nitrogens with zero attached hydrogens (tertiary/aromatic N) is 2. The van der Waals surface area contributed by atoms with E-state index in [-0.39, 0.29) is 12.2 Å². The number of hydrogen-bond donors (Lipinski definition) is 0. The fourth-order valence-corrected chi connectivity index (χ4v) is 4.47. The Morgan fingerprint density at radius 2 is 1.76 bits per heavy atom. The Morgan fingerprint density at radius 3 is 2.32 bits per heavy atom. The third-order valence-corrected chi connectivity index (χ3v) is 6.19. The summed E-state index contributed by atoms with van der Waals surface area (Å²) in [6.07, 6.45) is 0.390. The van der Waals surface area contributed by atoms with Gasteiger partial charge in [0.25, 0.3) is 10.2 Å². The molecule has 0 radical (unpaired) electrons. The smallest absolute Gasteiger partial charge is 0.281 e. The van der Waals surface area contributed by atoms with Crippen LogP contribution >= 0.6 is 0 Å². The van der Waals surface area contributed by atoms with Gasteiger partial charge in [0.05, 0.1) is 26.4 Å². The summed E-state index contributed by atoms with van der Waals surface area (Å²) in [5.74, 6) is 1.30. The van der Waals surface area contributed by atoms with Crippen LogP contribution in [0.4, 0.5) is 0 Å². The third-order valence-electron chi connectivity index (χ3n) is 4.27. The zero-order chi connectivity index (χ0) is 18.6. The summed E-state index contributed by atoms with van der Waals surface area (Å²) in [6, 6.07) is 5.62. The predicted molar refractivity (Wildman–Crippen MR) is 96.4 cm³/mol. The lowest BCUT2D eigenvalue weighted by Crippen LogP contribution is -2.52. The Morgan fingerprint density at radius 1 is 1.16 bits per heavy atom. The first-order chi connectivity index (χ1) is 11.8. The molecule has 0 N–H and O–H groups in total. The first-order valence-corrected chi connectivity index (χ1v) is 9.75. The van der Waals surface area contributed by atoms with Crippen LogP contribution in [0.5, 0.6) is 11.5 Å². The lowest BCUT2D eigenvalue weighted by Gasteiger charge is -2.36. The van der Waals surface area contributed by atoms with Gasteiger partial charge in [-0.3, -0.25) is 0 Å². The Hall–Kier alpha value is -1.35. The minimum atomic E-state index is -3.50.